The normalized spacial score (nSPS) is 10.8. The molecule has 156 valence electrons. The summed E-state index contributed by atoms with van der Waals surface area (Å²) in [6, 6.07) is 7.11. The van der Waals surface area contributed by atoms with Gasteiger partial charge in [-0.1, -0.05) is 38.1 Å². The molecule has 0 bridgehead atoms. The van der Waals surface area contributed by atoms with Gasteiger partial charge in [0.2, 0.25) is 11.8 Å². The minimum absolute atomic E-state index is 0.00238. The molecule has 0 fully saturated rings. The summed E-state index contributed by atoms with van der Waals surface area (Å²) >= 11 is 0. The molecule has 0 heterocycles. The number of anilines is 1. The van der Waals surface area contributed by atoms with Crippen molar-refractivity contribution in [3.63, 3.8) is 0 Å². The number of amides is 2. The van der Waals surface area contributed by atoms with E-state index in [0.717, 1.165) is 17.5 Å². The molecule has 0 radical (unpaired) electrons. The molecule has 0 aromatic carbocycles. The minimum atomic E-state index is -0.527. The fourth-order valence-electron chi connectivity index (χ4n) is 3.28. The molecule has 2 amide bonds. The zero-order valence-corrected chi connectivity index (χ0v) is 17.3. The van der Waals surface area contributed by atoms with E-state index in [4.69, 9.17) is 9.94 Å². The summed E-state index contributed by atoms with van der Waals surface area (Å²) in [5, 5.41) is 11.6. The van der Waals surface area contributed by atoms with Crippen molar-refractivity contribution in [2.45, 2.75) is 47.0 Å². The van der Waals surface area contributed by atoms with Crippen molar-refractivity contribution in [3.05, 3.63) is 41.0 Å². The molecule has 0 spiro atoms. The molecule has 7 nitrogen and oxygen atoms in total. The predicted octanol–water partition coefficient (Wildman–Crippen LogP) is 3.56. The Hall–Kier alpha value is -2.93. The molecule has 0 saturated carbocycles. The predicted molar refractivity (Wildman–Crippen MR) is 110 cm³/mol. The zero-order chi connectivity index (χ0) is 21.6. The van der Waals surface area contributed by atoms with Gasteiger partial charge in [-0.15, -0.1) is 0 Å². The van der Waals surface area contributed by atoms with Crippen LogP contribution in [0.4, 0.5) is 5.69 Å². The molecule has 3 N–H and O–H groups in total. The number of hydrogen-bond acceptors (Lipinski definition) is 5. The number of fused-ring (bicyclic) bond motifs is 1. The first kappa shape index (κ1) is 22.4. The largest absolute Gasteiger partial charge is 0.462 e. The lowest BCUT2D eigenvalue weighted by Gasteiger charge is -2.10. The topological polar surface area (TPSA) is 105 Å². The SMILES string of the molecule is CCOC(=O)c1c2ccc(CC(=O)NO)ccc-2c(CCC(C)C)c1NC(C)=O. The maximum Gasteiger partial charge on any atom is 0.340 e. The van der Waals surface area contributed by atoms with Gasteiger partial charge in [0.25, 0.3) is 0 Å². The van der Waals surface area contributed by atoms with E-state index in [9.17, 15) is 14.4 Å². The second-order valence-corrected chi connectivity index (χ2v) is 7.34. The van der Waals surface area contributed by atoms with Gasteiger partial charge in [0.15, 0.2) is 0 Å². The molecule has 0 aromatic rings. The lowest BCUT2D eigenvalue weighted by molar-refractivity contribution is -0.128. The molecule has 0 atom stereocenters. The Morgan fingerprint density at radius 2 is 1.76 bits per heavy atom. The fraction of sp³-hybridized carbons (Fsp3) is 0.409. The van der Waals surface area contributed by atoms with Crippen LogP contribution in [0.3, 0.4) is 0 Å². The summed E-state index contributed by atoms with van der Waals surface area (Å²) in [6.07, 6.45) is 1.56. The first-order chi connectivity index (χ1) is 13.8. The Labute approximate surface area is 170 Å². The average molecular weight is 400 g/mol. The molecule has 0 saturated heterocycles. The van der Waals surface area contributed by atoms with Gasteiger partial charge in [-0.05, 0) is 47.9 Å². The highest BCUT2D eigenvalue weighted by molar-refractivity contribution is 6.10. The van der Waals surface area contributed by atoms with Crippen molar-refractivity contribution in [2.75, 3.05) is 11.9 Å². The highest BCUT2D eigenvalue weighted by atomic mass is 16.5. The molecule has 2 rings (SSSR count). The quantitative estimate of drug-likeness (QED) is 0.357. The van der Waals surface area contributed by atoms with Crippen LogP contribution in [0.25, 0.3) is 11.1 Å². The van der Waals surface area contributed by atoms with Gasteiger partial charge < -0.3 is 10.1 Å². The number of carbonyl (C=O) groups excluding carboxylic acids is 3. The Balaban J connectivity index is 2.70. The van der Waals surface area contributed by atoms with E-state index in [1.807, 2.05) is 6.07 Å². The fourth-order valence-corrected chi connectivity index (χ4v) is 3.28. The second kappa shape index (κ2) is 10.0. The second-order valence-electron chi connectivity index (χ2n) is 7.34. The van der Waals surface area contributed by atoms with Crippen LogP contribution in [0, 0.1) is 5.92 Å². The van der Waals surface area contributed by atoms with Crippen molar-refractivity contribution >= 4 is 23.5 Å². The Morgan fingerprint density at radius 1 is 1.10 bits per heavy atom. The number of ether oxygens (including phenoxy) is 1. The summed E-state index contributed by atoms with van der Waals surface area (Å²) < 4.78 is 5.25. The monoisotopic (exact) mass is 400 g/mol. The molecule has 2 aliphatic carbocycles. The van der Waals surface area contributed by atoms with Gasteiger partial charge in [-0.2, -0.15) is 0 Å². The molecule has 0 aromatic heterocycles. The number of hydroxylamine groups is 1. The Kier molecular flexibility index (Phi) is 7.73. The van der Waals surface area contributed by atoms with Crippen molar-refractivity contribution < 1.29 is 24.3 Å². The van der Waals surface area contributed by atoms with Gasteiger partial charge in [0.05, 0.1) is 24.3 Å². The smallest absolute Gasteiger partial charge is 0.340 e. The maximum atomic E-state index is 12.8. The lowest BCUT2D eigenvalue weighted by atomic mass is 10.00. The van der Waals surface area contributed by atoms with Crippen LogP contribution in [0.15, 0.2) is 24.3 Å². The van der Waals surface area contributed by atoms with Crippen LogP contribution in [-0.4, -0.2) is 29.6 Å². The standard InChI is InChI=1S/C22H28N2O5/c1-5-29-22(27)20-17-11-8-15(12-19(26)24-28)7-10-16(17)18(9-6-13(2)3)21(20)23-14(4)25/h7-8,10-11,13,28H,5-6,9,12H2,1-4H3,(H,23,25)(H,24,26). The molecule has 7 heteroatoms. The third-order valence-corrected chi connectivity index (χ3v) is 4.61. The van der Waals surface area contributed by atoms with Gasteiger partial charge in [-0.25, -0.2) is 10.3 Å². The number of hydrogen-bond donors (Lipinski definition) is 3. The van der Waals surface area contributed by atoms with Crippen LogP contribution in [0.2, 0.25) is 0 Å². The first-order valence-corrected chi connectivity index (χ1v) is 9.73. The molecule has 2 aliphatic rings. The third-order valence-electron chi connectivity index (χ3n) is 4.61. The first-order valence-electron chi connectivity index (χ1n) is 9.73. The van der Waals surface area contributed by atoms with Gasteiger partial charge in [0.1, 0.15) is 0 Å². The number of rotatable bonds is 8. The van der Waals surface area contributed by atoms with Crippen molar-refractivity contribution in [2.24, 2.45) is 5.92 Å². The molecule has 0 aliphatic heterocycles. The Morgan fingerprint density at radius 3 is 2.31 bits per heavy atom. The van der Waals surface area contributed by atoms with Gasteiger partial charge in [0, 0.05) is 6.92 Å². The summed E-state index contributed by atoms with van der Waals surface area (Å²) in [7, 11) is 0. The summed E-state index contributed by atoms with van der Waals surface area (Å²) in [4.78, 5) is 36.1. The van der Waals surface area contributed by atoms with Gasteiger partial charge in [-0.3, -0.25) is 14.8 Å². The maximum absolute atomic E-state index is 12.8. The summed E-state index contributed by atoms with van der Waals surface area (Å²) in [5.41, 5.74) is 5.47. The average Bonchev–Trinajstić information content (AvgIpc) is 2.78. The van der Waals surface area contributed by atoms with Crippen LogP contribution in [0.5, 0.6) is 0 Å². The van der Waals surface area contributed by atoms with E-state index in [0.29, 0.717) is 34.7 Å². The number of esters is 1. The number of nitrogens with one attached hydrogen (secondary N) is 2. The highest BCUT2D eigenvalue weighted by Gasteiger charge is 2.28. The van der Waals surface area contributed by atoms with Crippen molar-refractivity contribution in [1.82, 2.24) is 5.48 Å². The lowest BCUT2D eigenvalue weighted by Crippen LogP contribution is -2.20. The summed E-state index contributed by atoms with van der Waals surface area (Å²) in [5.74, 6) is -0.850. The van der Waals surface area contributed by atoms with Crippen molar-refractivity contribution in [1.29, 1.82) is 0 Å². The van der Waals surface area contributed by atoms with Crippen LogP contribution in [0.1, 0.15) is 55.6 Å². The summed E-state index contributed by atoms with van der Waals surface area (Å²) in [6.45, 7) is 7.58. The third kappa shape index (κ3) is 5.54. The Bertz CT molecular complexity index is 876. The van der Waals surface area contributed by atoms with Crippen molar-refractivity contribution in [3.8, 4) is 11.1 Å². The van der Waals surface area contributed by atoms with Crippen LogP contribution in [-0.2, 0) is 27.2 Å². The van der Waals surface area contributed by atoms with E-state index in [-0.39, 0.29) is 18.9 Å². The van der Waals surface area contributed by atoms with E-state index in [1.165, 1.54) is 6.92 Å². The molecule has 0 unspecified atom stereocenters. The van der Waals surface area contributed by atoms with Gasteiger partial charge >= 0.3 is 5.97 Å². The minimum Gasteiger partial charge on any atom is -0.462 e. The van der Waals surface area contributed by atoms with E-state index in [2.05, 4.69) is 19.2 Å². The van der Waals surface area contributed by atoms with Crippen LogP contribution >= 0.6 is 0 Å². The molecular formula is C22H28N2O5. The van der Waals surface area contributed by atoms with E-state index >= 15 is 0 Å². The molecular weight excluding hydrogens is 372 g/mol. The van der Waals surface area contributed by atoms with E-state index in [1.54, 1.807) is 30.6 Å². The zero-order valence-electron chi connectivity index (χ0n) is 17.3. The number of carbonyl (C=O) groups is 3. The van der Waals surface area contributed by atoms with Crippen LogP contribution < -0.4 is 10.8 Å². The molecule has 29 heavy (non-hydrogen) atoms. The van der Waals surface area contributed by atoms with E-state index < -0.39 is 11.9 Å². The highest BCUT2D eigenvalue weighted by Crippen LogP contribution is 2.42.